The van der Waals surface area contributed by atoms with E-state index in [0.717, 1.165) is 24.2 Å². The fraction of sp³-hybridized carbons (Fsp3) is 0.333. The van der Waals surface area contributed by atoms with Crippen molar-refractivity contribution in [3.05, 3.63) is 35.4 Å². The first-order valence-corrected chi connectivity index (χ1v) is 7.55. The summed E-state index contributed by atoms with van der Waals surface area (Å²) in [7, 11) is -3.68. The van der Waals surface area contributed by atoms with E-state index in [1.807, 2.05) is 11.0 Å². The van der Waals surface area contributed by atoms with Crippen LogP contribution in [-0.4, -0.2) is 21.5 Å². The molecule has 18 heavy (non-hydrogen) atoms. The summed E-state index contributed by atoms with van der Waals surface area (Å²) < 4.78 is 23.1. The zero-order valence-corrected chi connectivity index (χ0v) is 11.5. The van der Waals surface area contributed by atoms with Crippen molar-refractivity contribution < 1.29 is 8.42 Å². The van der Waals surface area contributed by atoms with E-state index in [0.29, 0.717) is 18.0 Å². The van der Waals surface area contributed by atoms with E-state index in [-0.39, 0.29) is 4.90 Å². The van der Waals surface area contributed by atoms with Crippen LogP contribution in [0.4, 0.5) is 5.69 Å². The van der Waals surface area contributed by atoms with Gasteiger partial charge in [-0.25, -0.2) is 13.6 Å². The largest absolute Gasteiger partial charge is 0.366 e. The predicted molar refractivity (Wildman–Crippen MR) is 73.3 cm³/mol. The maximum Gasteiger partial charge on any atom is 0.238 e. The molecule has 1 heterocycles. The summed E-state index contributed by atoms with van der Waals surface area (Å²) in [5, 5.41) is 5.77. The Kier molecular flexibility index (Phi) is 3.66. The third kappa shape index (κ3) is 2.68. The molecule has 0 aromatic heterocycles. The quantitative estimate of drug-likeness (QED) is 0.922. The van der Waals surface area contributed by atoms with Gasteiger partial charge < -0.3 is 4.90 Å². The number of nitrogens with two attached hydrogens (primary N) is 1. The monoisotopic (exact) mass is 286 g/mol. The van der Waals surface area contributed by atoms with E-state index in [1.54, 1.807) is 12.1 Å². The molecule has 1 aromatic rings. The van der Waals surface area contributed by atoms with Gasteiger partial charge in [0.25, 0.3) is 0 Å². The number of rotatable bonds is 3. The molecule has 0 saturated carbocycles. The molecule has 4 nitrogen and oxygen atoms in total. The lowest BCUT2D eigenvalue weighted by Gasteiger charge is -2.31. The molecule has 6 heteroatoms. The van der Waals surface area contributed by atoms with Crippen molar-refractivity contribution in [3.63, 3.8) is 0 Å². The van der Waals surface area contributed by atoms with Gasteiger partial charge in [0, 0.05) is 17.3 Å². The Morgan fingerprint density at radius 2 is 2.22 bits per heavy atom. The molecular formula is C12H15ClN2O2S. The molecule has 2 N–H and O–H groups in total. The first kappa shape index (κ1) is 13.4. The Bertz CT molecular complexity index is 584. The van der Waals surface area contributed by atoms with Gasteiger partial charge in [0.1, 0.15) is 0 Å². The fourth-order valence-electron chi connectivity index (χ4n) is 2.31. The maximum absolute atomic E-state index is 11.5. The molecule has 0 amide bonds. The Morgan fingerprint density at radius 3 is 2.83 bits per heavy atom. The number of fused-ring (bicyclic) bond motifs is 1. The van der Waals surface area contributed by atoms with Crippen LogP contribution in [0.5, 0.6) is 0 Å². The number of nitrogens with zero attached hydrogens (tertiary/aromatic N) is 1. The van der Waals surface area contributed by atoms with Crippen molar-refractivity contribution in [2.45, 2.75) is 17.7 Å². The highest BCUT2D eigenvalue weighted by atomic mass is 35.5. The maximum atomic E-state index is 11.5. The van der Waals surface area contributed by atoms with Gasteiger partial charge in [0.15, 0.2) is 0 Å². The van der Waals surface area contributed by atoms with Gasteiger partial charge in [-0.05, 0) is 30.5 Å². The van der Waals surface area contributed by atoms with Crippen molar-refractivity contribution in [1.29, 1.82) is 0 Å². The fourth-order valence-corrected chi connectivity index (χ4v) is 3.27. The molecule has 1 aliphatic heterocycles. The smallest absolute Gasteiger partial charge is 0.238 e. The summed E-state index contributed by atoms with van der Waals surface area (Å²) in [6.45, 7) is 5.03. The molecule has 2 rings (SSSR count). The van der Waals surface area contributed by atoms with Gasteiger partial charge in [-0.15, -0.1) is 0 Å². The van der Waals surface area contributed by atoms with Crippen LogP contribution in [0, 0.1) is 0 Å². The van der Waals surface area contributed by atoms with Crippen LogP contribution >= 0.6 is 11.6 Å². The van der Waals surface area contributed by atoms with Crippen LogP contribution in [0.3, 0.4) is 0 Å². The zero-order valence-electron chi connectivity index (χ0n) is 9.89. The van der Waals surface area contributed by atoms with Gasteiger partial charge in [-0.1, -0.05) is 24.2 Å². The first-order chi connectivity index (χ1) is 8.39. The Morgan fingerprint density at radius 1 is 1.50 bits per heavy atom. The van der Waals surface area contributed by atoms with Crippen molar-refractivity contribution in [2.24, 2.45) is 5.14 Å². The average Bonchev–Trinajstić information content (AvgIpc) is 2.26. The summed E-state index contributed by atoms with van der Waals surface area (Å²) in [5.74, 6) is 0. The van der Waals surface area contributed by atoms with E-state index in [2.05, 4.69) is 6.58 Å². The molecule has 1 aliphatic rings. The molecule has 0 atom stereocenters. The van der Waals surface area contributed by atoms with Crippen LogP contribution < -0.4 is 10.0 Å². The van der Waals surface area contributed by atoms with E-state index in [9.17, 15) is 8.42 Å². The van der Waals surface area contributed by atoms with Gasteiger partial charge in [0.2, 0.25) is 10.0 Å². The van der Waals surface area contributed by atoms with Crippen LogP contribution in [0.1, 0.15) is 12.0 Å². The Labute approximate surface area is 112 Å². The molecular weight excluding hydrogens is 272 g/mol. The number of halogens is 1. The number of sulfonamides is 1. The lowest BCUT2D eigenvalue weighted by molar-refractivity contribution is 0.595. The molecule has 0 unspecified atom stereocenters. The van der Waals surface area contributed by atoms with Crippen molar-refractivity contribution in [1.82, 2.24) is 0 Å². The van der Waals surface area contributed by atoms with Gasteiger partial charge in [-0.2, -0.15) is 0 Å². The number of anilines is 1. The van der Waals surface area contributed by atoms with E-state index in [1.165, 1.54) is 0 Å². The van der Waals surface area contributed by atoms with Gasteiger partial charge in [0.05, 0.1) is 11.4 Å². The number of benzene rings is 1. The lowest BCUT2D eigenvalue weighted by atomic mass is 10.0. The Hall–Kier alpha value is -1.04. The number of hydrogen-bond donors (Lipinski definition) is 1. The summed E-state index contributed by atoms with van der Waals surface area (Å²) in [4.78, 5) is 2.24. The molecule has 98 valence electrons. The van der Waals surface area contributed by atoms with Crippen molar-refractivity contribution in [3.8, 4) is 0 Å². The van der Waals surface area contributed by atoms with Crippen LogP contribution in [0.15, 0.2) is 34.7 Å². The molecule has 0 fully saturated rings. The van der Waals surface area contributed by atoms with Crippen molar-refractivity contribution in [2.75, 3.05) is 18.0 Å². The minimum atomic E-state index is -3.68. The summed E-state index contributed by atoms with van der Waals surface area (Å²) in [5.41, 5.74) is 1.67. The molecule has 0 bridgehead atoms. The van der Waals surface area contributed by atoms with E-state index in [4.69, 9.17) is 16.7 Å². The van der Waals surface area contributed by atoms with E-state index < -0.39 is 10.0 Å². The normalized spacial score (nSPS) is 15.3. The second kappa shape index (κ2) is 4.91. The highest BCUT2D eigenvalue weighted by molar-refractivity contribution is 7.89. The van der Waals surface area contributed by atoms with Crippen LogP contribution in [0.2, 0.25) is 0 Å². The topological polar surface area (TPSA) is 63.4 Å². The molecule has 0 saturated heterocycles. The zero-order chi connectivity index (χ0) is 13.3. The third-order valence-corrected chi connectivity index (χ3v) is 4.09. The van der Waals surface area contributed by atoms with Crippen LogP contribution in [-0.2, 0) is 16.4 Å². The third-order valence-electron chi connectivity index (χ3n) is 2.97. The summed E-state index contributed by atoms with van der Waals surface area (Å²) >= 11 is 5.83. The molecule has 0 radical (unpaired) electrons. The predicted octanol–water partition coefficient (Wildman–Crippen LogP) is 1.84. The van der Waals surface area contributed by atoms with Gasteiger partial charge in [-0.3, -0.25) is 0 Å². The highest BCUT2D eigenvalue weighted by Gasteiger charge is 2.23. The van der Waals surface area contributed by atoms with Crippen molar-refractivity contribution >= 4 is 27.3 Å². The van der Waals surface area contributed by atoms with Gasteiger partial charge >= 0.3 is 0 Å². The minimum Gasteiger partial charge on any atom is -0.366 e. The minimum absolute atomic E-state index is 0.213. The second-order valence-electron chi connectivity index (χ2n) is 4.34. The average molecular weight is 287 g/mol. The molecule has 1 aromatic carbocycles. The number of primary sulfonamides is 1. The summed E-state index contributed by atoms with van der Waals surface area (Å²) in [6.07, 6.45) is 1.59. The molecule has 0 spiro atoms. The lowest BCUT2D eigenvalue weighted by Crippen LogP contribution is -2.31. The molecule has 0 aliphatic carbocycles. The second-order valence-corrected chi connectivity index (χ2v) is 6.41. The number of hydrogen-bond acceptors (Lipinski definition) is 3. The summed E-state index contributed by atoms with van der Waals surface area (Å²) in [6, 6.07) is 5.14. The first-order valence-electron chi connectivity index (χ1n) is 5.62. The van der Waals surface area contributed by atoms with Crippen LogP contribution in [0.25, 0.3) is 0 Å². The standard InChI is InChI=1S/C12H15ClN2O2S/c1-9(13)8-15-7-3-4-10-11(15)5-2-6-12(10)18(14,16)17/h2,5-6H,1,3-4,7-8H2,(H2,14,16,17). The SMILES string of the molecule is C=C(Cl)CN1CCCc2c1cccc2S(N)(=O)=O. The highest BCUT2D eigenvalue weighted by Crippen LogP contribution is 2.32. The van der Waals surface area contributed by atoms with E-state index >= 15 is 0 Å². The Balaban J connectivity index is 2.50.